The van der Waals surface area contributed by atoms with Crippen molar-refractivity contribution in [2.24, 2.45) is 0 Å². The van der Waals surface area contributed by atoms with Crippen molar-refractivity contribution in [3.05, 3.63) is 66.0 Å². The molecule has 3 rings (SSSR count). The molecule has 2 aromatic carbocycles. The van der Waals surface area contributed by atoms with E-state index < -0.39 is 0 Å². The fourth-order valence-corrected chi connectivity index (χ4v) is 3.79. The van der Waals surface area contributed by atoms with Crippen molar-refractivity contribution in [3.63, 3.8) is 0 Å². The molecule has 3 nitrogen and oxygen atoms in total. The van der Waals surface area contributed by atoms with Gasteiger partial charge >= 0.3 is 0 Å². The van der Waals surface area contributed by atoms with E-state index in [1.807, 2.05) is 23.1 Å². The molecular weight excluding hydrogens is 323 g/mol. The summed E-state index contributed by atoms with van der Waals surface area (Å²) in [4.78, 5) is 17.4. The molecule has 5 heteroatoms. The Hall–Kier alpha value is -1.85. The van der Waals surface area contributed by atoms with Crippen molar-refractivity contribution in [3.8, 4) is 0 Å². The average molecular weight is 344 g/mol. The minimum absolute atomic E-state index is 0.0543. The highest BCUT2D eigenvalue weighted by atomic mass is 32.2. The van der Waals surface area contributed by atoms with E-state index in [-0.39, 0.29) is 23.5 Å². The van der Waals surface area contributed by atoms with Gasteiger partial charge in [0.2, 0.25) is 5.91 Å². The number of hydrogen-bond donors (Lipinski definition) is 0. The summed E-state index contributed by atoms with van der Waals surface area (Å²) in [6.07, 6.45) is 0. The van der Waals surface area contributed by atoms with Gasteiger partial charge in [0.15, 0.2) is 0 Å². The third-order valence-corrected chi connectivity index (χ3v) is 5.31. The third-order valence-electron chi connectivity index (χ3n) is 4.28. The summed E-state index contributed by atoms with van der Waals surface area (Å²) < 4.78 is 13.7. The maximum Gasteiger partial charge on any atom is 0.233 e. The van der Waals surface area contributed by atoms with Crippen LogP contribution in [0.2, 0.25) is 0 Å². The van der Waals surface area contributed by atoms with Crippen LogP contribution >= 0.6 is 11.8 Å². The Morgan fingerprint density at radius 2 is 1.83 bits per heavy atom. The molecule has 1 heterocycles. The minimum atomic E-state index is -0.270. The number of nitrogens with zero attached hydrogens (tertiary/aromatic N) is 2. The SMILES string of the molecule is CN1CCN(C(=O)CSc2ccccc2F)C(c2ccccc2)C1. The molecule has 0 bridgehead atoms. The molecule has 2 aromatic rings. The Morgan fingerprint density at radius 1 is 1.12 bits per heavy atom. The lowest BCUT2D eigenvalue weighted by atomic mass is 10.0. The number of thioether (sulfide) groups is 1. The lowest BCUT2D eigenvalue weighted by Gasteiger charge is -2.40. The van der Waals surface area contributed by atoms with Gasteiger partial charge in [0.25, 0.3) is 0 Å². The molecule has 0 saturated carbocycles. The summed E-state index contributed by atoms with van der Waals surface area (Å²) in [5.74, 6) is 0.0482. The second-order valence-corrected chi connectivity index (χ2v) is 7.01. The predicted molar refractivity (Wildman–Crippen MR) is 95.5 cm³/mol. The normalized spacial score (nSPS) is 18.6. The van der Waals surface area contributed by atoms with E-state index in [4.69, 9.17) is 0 Å². The number of piperazine rings is 1. The van der Waals surface area contributed by atoms with E-state index in [2.05, 4.69) is 24.1 Å². The summed E-state index contributed by atoms with van der Waals surface area (Å²) in [5, 5.41) is 0. The molecule has 1 saturated heterocycles. The fourth-order valence-electron chi connectivity index (χ4n) is 2.96. The van der Waals surface area contributed by atoms with Crippen LogP contribution < -0.4 is 0 Å². The van der Waals surface area contributed by atoms with Gasteiger partial charge in [-0.05, 0) is 24.7 Å². The monoisotopic (exact) mass is 344 g/mol. The number of carbonyl (C=O) groups is 1. The van der Waals surface area contributed by atoms with Gasteiger partial charge in [-0.25, -0.2) is 4.39 Å². The zero-order valence-corrected chi connectivity index (χ0v) is 14.5. The van der Waals surface area contributed by atoms with E-state index >= 15 is 0 Å². The van der Waals surface area contributed by atoms with Crippen LogP contribution in [0.25, 0.3) is 0 Å². The smallest absolute Gasteiger partial charge is 0.233 e. The number of amides is 1. The lowest BCUT2D eigenvalue weighted by Crippen LogP contribution is -2.49. The highest BCUT2D eigenvalue weighted by molar-refractivity contribution is 8.00. The molecule has 0 N–H and O–H groups in total. The molecule has 1 fully saturated rings. The molecule has 0 aromatic heterocycles. The van der Waals surface area contributed by atoms with E-state index in [0.717, 1.165) is 18.7 Å². The molecule has 24 heavy (non-hydrogen) atoms. The topological polar surface area (TPSA) is 23.6 Å². The second kappa shape index (κ2) is 7.81. The van der Waals surface area contributed by atoms with Crippen molar-refractivity contribution in [2.75, 3.05) is 32.4 Å². The van der Waals surface area contributed by atoms with Gasteiger partial charge in [-0.1, -0.05) is 42.5 Å². The quantitative estimate of drug-likeness (QED) is 0.794. The van der Waals surface area contributed by atoms with E-state index in [1.54, 1.807) is 18.2 Å². The highest BCUT2D eigenvalue weighted by Crippen LogP contribution is 2.27. The molecule has 1 aliphatic heterocycles. The predicted octanol–water partition coefficient (Wildman–Crippen LogP) is 3.43. The van der Waals surface area contributed by atoms with Crippen LogP contribution in [-0.2, 0) is 4.79 Å². The number of likely N-dealkylation sites (N-methyl/N-ethyl adjacent to an activating group) is 1. The Kier molecular flexibility index (Phi) is 5.53. The number of hydrogen-bond acceptors (Lipinski definition) is 3. The molecule has 126 valence electrons. The van der Waals surface area contributed by atoms with Crippen molar-refractivity contribution in [2.45, 2.75) is 10.9 Å². The molecule has 1 atom stereocenters. The molecule has 0 spiro atoms. The number of halogens is 1. The van der Waals surface area contributed by atoms with Crippen LogP contribution in [0, 0.1) is 5.82 Å². The van der Waals surface area contributed by atoms with Crippen molar-refractivity contribution < 1.29 is 9.18 Å². The van der Waals surface area contributed by atoms with Gasteiger partial charge in [-0.3, -0.25) is 4.79 Å². The van der Waals surface area contributed by atoms with Gasteiger partial charge in [0, 0.05) is 24.5 Å². The van der Waals surface area contributed by atoms with Crippen molar-refractivity contribution >= 4 is 17.7 Å². The Labute approximate surface area is 146 Å². The molecule has 0 radical (unpaired) electrons. The maximum absolute atomic E-state index is 13.7. The summed E-state index contributed by atoms with van der Waals surface area (Å²) >= 11 is 1.27. The third kappa shape index (κ3) is 3.97. The maximum atomic E-state index is 13.7. The van der Waals surface area contributed by atoms with Gasteiger partial charge in [-0.15, -0.1) is 11.8 Å². The lowest BCUT2D eigenvalue weighted by molar-refractivity contribution is -0.133. The second-order valence-electron chi connectivity index (χ2n) is 5.99. The van der Waals surface area contributed by atoms with E-state index in [1.165, 1.54) is 17.8 Å². The number of rotatable bonds is 4. The van der Waals surface area contributed by atoms with Crippen molar-refractivity contribution in [1.82, 2.24) is 9.80 Å². The Morgan fingerprint density at radius 3 is 2.58 bits per heavy atom. The first-order valence-corrected chi connectivity index (χ1v) is 9.04. The van der Waals surface area contributed by atoms with Crippen LogP contribution in [0.3, 0.4) is 0 Å². The van der Waals surface area contributed by atoms with Gasteiger partial charge < -0.3 is 9.80 Å². The minimum Gasteiger partial charge on any atom is -0.332 e. The summed E-state index contributed by atoms with van der Waals surface area (Å²) in [5.41, 5.74) is 1.15. The van der Waals surface area contributed by atoms with Crippen molar-refractivity contribution in [1.29, 1.82) is 0 Å². The van der Waals surface area contributed by atoms with Crippen LogP contribution in [0.4, 0.5) is 4.39 Å². The Bertz CT molecular complexity index is 695. The Balaban J connectivity index is 1.71. The van der Waals surface area contributed by atoms with Gasteiger partial charge in [0.1, 0.15) is 5.82 Å². The molecule has 1 aliphatic rings. The first-order valence-electron chi connectivity index (χ1n) is 8.05. The van der Waals surface area contributed by atoms with Crippen LogP contribution in [0.1, 0.15) is 11.6 Å². The fraction of sp³-hybridized carbons (Fsp3) is 0.316. The van der Waals surface area contributed by atoms with E-state index in [9.17, 15) is 9.18 Å². The first-order chi connectivity index (χ1) is 11.6. The molecular formula is C19H21FN2OS. The van der Waals surface area contributed by atoms with Crippen LogP contribution in [0.5, 0.6) is 0 Å². The summed E-state index contributed by atoms with van der Waals surface area (Å²) in [6, 6.07) is 16.8. The molecule has 0 aliphatic carbocycles. The zero-order valence-electron chi connectivity index (χ0n) is 13.7. The van der Waals surface area contributed by atoms with Gasteiger partial charge in [-0.2, -0.15) is 0 Å². The number of benzene rings is 2. The zero-order chi connectivity index (χ0) is 16.9. The molecule has 1 unspecified atom stereocenters. The van der Waals surface area contributed by atoms with E-state index in [0.29, 0.717) is 11.4 Å². The molecule has 1 amide bonds. The van der Waals surface area contributed by atoms with Crippen LogP contribution in [0.15, 0.2) is 59.5 Å². The standard InChI is InChI=1S/C19H21FN2OS/c1-21-11-12-22(17(13-21)15-7-3-2-4-8-15)19(23)14-24-18-10-6-5-9-16(18)20/h2-10,17H,11-14H2,1H3. The summed E-state index contributed by atoms with van der Waals surface area (Å²) in [7, 11) is 2.08. The summed E-state index contributed by atoms with van der Waals surface area (Å²) in [6.45, 7) is 2.38. The first kappa shape index (κ1) is 17.0. The van der Waals surface area contributed by atoms with Gasteiger partial charge in [0.05, 0.1) is 11.8 Å². The highest BCUT2D eigenvalue weighted by Gasteiger charge is 2.30. The largest absolute Gasteiger partial charge is 0.332 e. The number of carbonyl (C=O) groups excluding carboxylic acids is 1. The average Bonchev–Trinajstić information content (AvgIpc) is 2.61. The van der Waals surface area contributed by atoms with Crippen LogP contribution in [-0.4, -0.2) is 48.1 Å².